The second-order valence-corrected chi connectivity index (χ2v) is 21.3. The van der Waals surface area contributed by atoms with E-state index in [0.29, 0.717) is 19.3 Å². The minimum atomic E-state index is -0.764. The molecule has 0 bridgehead atoms. The summed E-state index contributed by atoms with van der Waals surface area (Å²) in [6.07, 6.45) is 75.8. The van der Waals surface area contributed by atoms with E-state index in [1.807, 2.05) is 0 Å². The second kappa shape index (κ2) is 60.9. The topological polar surface area (TPSA) is 78.9 Å². The molecule has 0 saturated carbocycles. The number of hydrogen-bond acceptors (Lipinski definition) is 6. The molecule has 0 saturated heterocycles. The lowest BCUT2D eigenvalue weighted by Crippen LogP contribution is -2.30. The van der Waals surface area contributed by atoms with Crippen LogP contribution in [0.3, 0.4) is 0 Å². The SMILES string of the molecule is CC/C=C\C/C=C\C/C=C\C/C=C\CCCCCCCCCCCCCCCCCCCCCCC(=O)OCC(COC(=O)CCCCCCCCCC)OC(=O)CCCCCCCCCCCCCCC. The fourth-order valence-corrected chi connectivity index (χ4v) is 9.38. The summed E-state index contributed by atoms with van der Waals surface area (Å²) in [7, 11) is 0. The zero-order chi connectivity index (χ0) is 52.2. The smallest absolute Gasteiger partial charge is 0.306 e. The van der Waals surface area contributed by atoms with E-state index < -0.39 is 6.10 Å². The molecule has 0 aliphatic heterocycles. The first-order valence-electron chi connectivity index (χ1n) is 31.6. The molecule has 1 atom stereocenters. The quantitative estimate of drug-likeness (QED) is 0.0261. The summed E-state index contributed by atoms with van der Waals surface area (Å²) in [5.74, 6) is -0.850. The molecule has 1 unspecified atom stereocenters. The molecule has 0 amide bonds. The van der Waals surface area contributed by atoms with Crippen LogP contribution < -0.4 is 0 Å². The highest BCUT2D eigenvalue weighted by atomic mass is 16.6. The van der Waals surface area contributed by atoms with Crippen LogP contribution in [0.2, 0.25) is 0 Å². The Labute approximate surface area is 448 Å². The van der Waals surface area contributed by atoms with Crippen LogP contribution in [0, 0.1) is 0 Å². The van der Waals surface area contributed by atoms with Crippen molar-refractivity contribution in [1.29, 1.82) is 0 Å². The number of rotatable bonds is 58. The lowest BCUT2D eigenvalue weighted by molar-refractivity contribution is -0.167. The molecule has 6 nitrogen and oxygen atoms in total. The summed E-state index contributed by atoms with van der Waals surface area (Å²) >= 11 is 0. The van der Waals surface area contributed by atoms with Crippen LogP contribution in [0.1, 0.15) is 335 Å². The number of ether oxygens (including phenoxy) is 3. The lowest BCUT2D eigenvalue weighted by atomic mass is 10.0. The normalized spacial score (nSPS) is 12.3. The average molecular weight is 1010 g/mol. The second-order valence-electron chi connectivity index (χ2n) is 21.3. The first-order chi connectivity index (χ1) is 35.5. The monoisotopic (exact) mass is 1010 g/mol. The molecule has 0 aromatic rings. The molecule has 0 rings (SSSR count). The maximum absolute atomic E-state index is 12.8. The van der Waals surface area contributed by atoms with Gasteiger partial charge in [0.15, 0.2) is 6.10 Å². The molecule has 0 spiro atoms. The molecule has 0 aromatic heterocycles. The molecule has 420 valence electrons. The first-order valence-corrected chi connectivity index (χ1v) is 31.6. The molecule has 6 heteroatoms. The van der Waals surface area contributed by atoms with Gasteiger partial charge in [0.2, 0.25) is 0 Å². The molecule has 0 aliphatic carbocycles. The van der Waals surface area contributed by atoms with Gasteiger partial charge < -0.3 is 14.2 Å². The van der Waals surface area contributed by atoms with E-state index in [9.17, 15) is 14.4 Å². The largest absolute Gasteiger partial charge is 0.462 e. The van der Waals surface area contributed by atoms with Crippen molar-refractivity contribution in [1.82, 2.24) is 0 Å². The van der Waals surface area contributed by atoms with Gasteiger partial charge in [0, 0.05) is 19.3 Å². The van der Waals surface area contributed by atoms with Gasteiger partial charge in [0.25, 0.3) is 0 Å². The van der Waals surface area contributed by atoms with E-state index in [2.05, 4.69) is 69.4 Å². The molecule has 72 heavy (non-hydrogen) atoms. The Morgan fingerprint density at radius 2 is 0.542 bits per heavy atom. The summed E-state index contributed by atoms with van der Waals surface area (Å²) in [6, 6.07) is 0. The number of hydrogen-bond donors (Lipinski definition) is 0. The van der Waals surface area contributed by atoms with Gasteiger partial charge >= 0.3 is 17.9 Å². The van der Waals surface area contributed by atoms with Crippen LogP contribution >= 0.6 is 0 Å². The molecule has 0 fully saturated rings. The van der Waals surface area contributed by atoms with Crippen molar-refractivity contribution in [3.8, 4) is 0 Å². The Bertz CT molecular complexity index is 1250. The van der Waals surface area contributed by atoms with E-state index in [1.54, 1.807) is 0 Å². The number of unbranched alkanes of at least 4 members (excludes halogenated alkanes) is 39. The third-order valence-corrected chi connectivity index (χ3v) is 14.1. The van der Waals surface area contributed by atoms with Crippen molar-refractivity contribution in [2.24, 2.45) is 0 Å². The molecular formula is C66H120O6. The van der Waals surface area contributed by atoms with E-state index in [-0.39, 0.29) is 31.1 Å². The maximum Gasteiger partial charge on any atom is 0.306 e. The molecular weight excluding hydrogens is 889 g/mol. The molecule has 0 N–H and O–H groups in total. The van der Waals surface area contributed by atoms with Crippen LogP contribution in [0.4, 0.5) is 0 Å². The highest BCUT2D eigenvalue weighted by Crippen LogP contribution is 2.18. The maximum atomic E-state index is 12.8. The number of esters is 3. The molecule has 0 aliphatic rings. The Hall–Kier alpha value is -2.63. The Morgan fingerprint density at radius 1 is 0.292 bits per heavy atom. The van der Waals surface area contributed by atoms with Gasteiger partial charge in [-0.2, -0.15) is 0 Å². The standard InChI is InChI=1S/C66H120O6/c1-4-7-10-13-16-19-21-23-24-25-26-27-28-29-30-31-32-33-34-35-36-37-38-39-40-41-42-44-45-47-50-53-56-59-65(68)71-62-63(61-70-64(67)58-55-52-49-18-15-12-9-6-3)72-66(69)60-57-54-51-48-46-43-22-20-17-14-11-8-5-2/h7,10,16,19,23-24,26-27,63H,4-6,8-9,11-15,17-18,20-22,25,28-62H2,1-3H3/b10-7-,19-16-,24-23-,27-26-. The average Bonchev–Trinajstić information content (AvgIpc) is 3.38. The van der Waals surface area contributed by atoms with Crippen LogP contribution in [0.25, 0.3) is 0 Å². The predicted octanol–water partition coefficient (Wildman–Crippen LogP) is 21.4. The third-order valence-electron chi connectivity index (χ3n) is 14.1. The summed E-state index contributed by atoms with van der Waals surface area (Å²) in [5.41, 5.74) is 0. The summed E-state index contributed by atoms with van der Waals surface area (Å²) in [6.45, 7) is 6.54. The predicted molar refractivity (Wildman–Crippen MR) is 312 cm³/mol. The van der Waals surface area contributed by atoms with E-state index in [4.69, 9.17) is 14.2 Å². The van der Waals surface area contributed by atoms with Gasteiger partial charge in [-0.05, 0) is 57.8 Å². The molecule has 0 radical (unpaired) electrons. The summed E-state index contributed by atoms with van der Waals surface area (Å²) in [5, 5.41) is 0. The van der Waals surface area contributed by atoms with Crippen LogP contribution in [-0.4, -0.2) is 37.2 Å². The van der Waals surface area contributed by atoms with Crippen LogP contribution in [0.15, 0.2) is 48.6 Å². The van der Waals surface area contributed by atoms with E-state index in [0.717, 1.165) is 83.5 Å². The van der Waals surface area contributed by atoms with Gasteiger partial charge in [0.1, 0.15) is 13.2 Å². The Kier molecular flexibility index (Phi) is 58.7. The highest BCUT2D eigenvalue weighted by Gasteiger charge is 2.19. The molecule has 0 heterocycles. The van der Waals surface area contributed by atoms with Gasteiger partial charge in [-0.25, -0.2) is 0 Å². The van der Waals surface area contributed by atoms with Crippen molar-refractivity contribution in [2.75, 3.05) is 13.2 Å². The zero-order valence-corrected chi connectivity index (χ0v) is 48.2. The number of carbonyl (C=O) groups is 3. The zero-order valence-electron chi connectivity index (χ0n) is 48.2. The van der Waals surface area contributed by atoms with Crippen molar-refractivity contribution >= 4 is 17.9 Å². The van der Waals surface area contributed by atoms with Crippen molar-refractivity contribution in [3.63, 3.8) is 0 Å². The lowest BCUT2D eigenvalue weighted by Gasteiger charge is -2.18. The van der Waals surface area contributed by atoms with E-state index in [1.165, 1.54) is 212 Å². The highest BCUT2D eigenvalue weighted by molar-refractivity contribution is 5.71. The Morgan fingerprint density at radius 3 is 0.847 bits per heavy atom. The minimum Gasteiger partial charge on any atom is -0.462 e. The van der Waals surface area contributed by atoms with Gasteiger partial charge in [-0.3, -0.25) is 14.4 Å². The fourth-order valence-electron chi connectivity index (χ4n) is 9.38. The van der Waals surface area contributed by atoms with Gasteiger partial charge in [-0.15, -0.1) is 0 Å². The third kappa shape index (κ3) is 58.3. The Balaban J connectivity index is 3.96. The summed E-state index contributed by atoms with van der Waals surface area (Å²) in [4.78, 5) is 38.0. The van der Waals surface area contributed by atoms with Crippen molar-refractivity contribution in [2.45, 2.75) is 341 Å². The van der Waals surface area contributed by atoms with Crippen molar-refractivity contribution in [3.05, 3.63) is 48.6 Å². The van der Waals surface area contributed by atoms with Gasteiger partial charge in [0.05, 0.1) is 0 Å². The first kappa shape index (κ1) is 69.4. The van der Waals surface area contributed by atoms with E-state index >= 15 is 0 Å². The number of carbonyl (C=O) groups excluding carboxylic acids is 3. The van der Waals surface area contributed by atoms with Crippen LogP contribution in [-0.2, 0) is 28.6 Å². The van der Waals surface area contributed by atoms with Crippen LogP contribution in [0.5, 0.6) is 0 Å². The minimum absolute atomic E-state index is 0.0660. The van der Waals surface area contributed by atoms with Crippen molar-refractivity contribution < 1.29 is 28.6 Å². The number of allylic oxidation sites excluding steroid dienone is 8. The molecule has 0 aromatic carbocycles. The fraction of sp³-hybridized carbons (Fsp3) is 0.833. The summed E-state index contributed by atoms with van der Waals surface area (Å²) < 4.78 is 16.8. The van der Waals surface area contributed by atoms with Gasteiger partial charge in [-0.1, -0.05) is 307 Å².